The van der Waals surface area contributed by atoms with Gasteiger partial charge < -0.3 is 15.2 Å². The highest BCUT2D eigenvalue weighted by atomic mass is 19.1. The number of nitrogens with zero attached hydrogens (tertiary/aromatic N) is 2. The standard InChI is InChI=1S/C18H21FN4O2/c1-12-10-14(2-3-15(12)19)18-22-17(25-23-18)5-4-16(24)21-11-13-6-8-20-9-7-13/h2-3,6,10,20H,4-5,7-9,11H2,1H3,(H,21,24). The molecule has 0 fully saturated rings. The molecule has 2 heterocycles. The number of carbonyl (C=O) groups is 1. The molecule has 7 heteroatoms. The molecule has 0 aliphatic carbocycles. The zero-order chi connectivity index (χ0) is 17.6. The Hall–Kier alpha value is -2.54. The Bertz CT molecular complexity index is 785. The highest BCUT2D eigenvalue weighted by Crippen LogP contribution is 2.19. The molecule has 1 aliphatic rings. The SMILES string of the molecule is Cc1cc(-c2noc(CCC(=O)NCC3=CCNCC3)n2)ccc1F. The number of hydrogen-bond donors (Lipinski definition) is 2. The van der Waals surface area contributed by atoms with Gasteiger partial charge in [0.15, 0.2) is 0 Å². The van der Waals surface area contributed by atoms with Crippen molar-refractivity contribution in [2.75, 3.05) is 19.6 Å². The largest absolute Gasteiger partial charge is 0.352 e. The van der Waals surface area contributed by atoms with E-state index in [1.807, 2.05) is 0 Å². The van der Waals surface area contributed by atoms with Crippen LogP contribution in [0, 0.1) is 12.7 Å². The number of halogens is 1. The molecular weight excluding hydrogens is 323 g/mol. The summed E-state index contributed by atoms with van der Waals surface area (Å²) in [6, 6.07) is 4.66. The van der Waals surface area contributed by atoms with E-state index in [-0.39, 0.29) is 18.1 Å². The van der Waals surface area contributed by atoms with Crippen LogP contribution in [0.2, 0.25) is 0 Å². The van der Waals surface area contributed by atoms with Crippen LogP contribution in [0.3, 0.4) is 0 Å². The van der Waals surface area contributed by atoms with Crippen LogP contribution >= 0.6 is 0 Å². The van der Waals surface area contributed by atoms with E-state index in [9.17, 15) is 9.18 Å². The molecule has 25 heavy (non-hydrogen) atoms. The van der Waals surface area contributed by atoms with Gasteiger partial charge in [0, 0.05) is 31.5 Å². The summed E-state index contributed by atoms with van der Waals surface area (Å²) in [5, 5.41) is 10.0. The third-order valence-electron chi connectivity index (χ3n) is 4.12. The van der Waals surface area contributed by atoms with Crippen molar-refractivity contribution < 1.29 is 13.7 Å². The van der Waals surface area contributed by atoms with Crippen molar-refractivity contribution in [3.05, 3.63) is 47.1 Å². The minimum atomic E-state index is -0.270. The van der Waals surface area contributed by atoms with E-state index in [0.717, 1.165) is 19.5 Å². The van der Waals surface area contributed by atoms with Crippen LogP contribution in [-0.4, -0.2) is 35.7 Å². The van der Waals surface area contributed by atoms with Gasteiger partial charge in [0.05, 0.1) is 0 Å². The van der Waals surface area contributed by atoms with Gasteiger partial charge in [0.25, 0.3) is 0 Å². The first-order chi connectivity index (χ1) is 12.1. The maximum absolute atomic E-state index is 13.3. The third kappa shape index (κ3) is 4.73. The van der Waals surface area contributed by atoms with E-state index in [4.69, 9.17) is 4.52 Å². The second-order valence-corrected chi connectivity index (χ2v) is 6.07. The monoisotopic (exact) mass is 344 g/mol. The number of hydrogen-bond acceptors (Lipinski definition) is 5. The van der Waals surface area contributed by atoms with Crippen LogP contribution in [0.25, 0.3) is 11.4 Å². The molecule has 0 unspecified atom stereocenters. The van der Waals surface area contributed by atoms with Gasteiger partial charge in [-0.1, -0.05) is 16.8 Å². The molecule has 1 amide bonds. The molecule has 1 aliphatic heterocycles. The van der Waals surface area contributed by atoms with Gasteiger partial charge in [-0.05, 0) is 43.7 Å². The van der Waals surface area contributed by atoms with Crippen LogP contribution in [0.4, 0.5) is 4.39 Å². The molecule has 3 rings (SSSR count). The molecule has 0 radical (unpaired) electrons. The Balaban J connectivity index is 1.50. The van der Waals surface area contributed by atoms with Gasteiger partial charge in [-0.2, -0.15) is 4.98 Å². The Labute approximate surface area is 145 Å². The van der Waals surface area contributed by atoms with Gasteiger partial charge >= 0.3 is 0 Å². The molecule has 132 valence electrons. The highest BCUT2D eigenvalue weighted by Gasteiger charge is 2.12. The Morgan fingerprint density at radius 2 is 2.32 bits per heavy atom. The first-order valence-corrected chi connectivity index (χ1v) is 8.36. The topological polar surface area (TPSA) is 80.0 Å². The summed E-state index contributed by atoms with van der Waals surface area (Å²) in [7, 11) is 0. The number of aryl methyl sites for hydroxylation is 2. The summed E-state index contributed by atoms with van der Waals surface area (Å²) in [4.78, 5) is 16.2. The second-order valence-electron chi connectivity index (χ2n) is 6.07. The van der Waals surface area contributed by atoms with Gasteiger partial charge in [-0.15, -0.1) is 0 Å². The van der Waals surface area contributed by atoms with Crippen LogP contribution in [0.5, 0.6) is 0 Å². The van der Waals surface area contributed by atoms with Gasteiger partial charge in [0.1, 0.15) is 5.82 Å². The predicted octanol–water partition coefficient (Wildman–Crippen LogP) is 2.15. The van der Waals surface area contributed by atoms with Crippen LogP contribution < -0.4 is 10.6 Å². The summed E-state index contributed by atoms with van der Waals surface area (Å²) in [6.45, 7) is 4.08. The van der Waals surface area contributed by atoms with E-state index < -0.39 is 0 Å². The van der Waals surface area contributed by atoms with Crippen LogP contribution in [-0.2, 0) is 11.2 Å². The van der Waals surface area contributed by atoms with Crippen molar-refractivity contribution in [2.45, 2.75) is 26.2 Å². The first-order valence-electron chi connectivity index (χ1n) is 8.36. The fourth-order valence-electron chi connectivity index (χ4n) is 2.61. The normalized spacial score (nSPS) is 14.2. The molecule has 0 bridgehead atoms. The van der Waals surface area contributed by atoms with E-state index in [0.29, 0.717) is 35.8 Å². The van der Waals surface area contributed by atoms with Crippen molar-refractivity contribution in [1.82, 2.24) is 20.8 Å². The predicted molar refractivity (Wildman–Crippen MR) is 91.3 cm³/mol. The fraction of sp³-hybridized carbons (Fsp3) is 0.389. The number of carbonyl (C=O) groups excluding carboxylic acids is 1. The lowest BCUT2D eigenvalue weighted by Gasteiger charge is -2.14. The Kier molecular flexibility index (Phi) is 5.55. The van der Waals surface area contributed by atoms with E-state index in [1.54, 1.807) is 19.1 Å². The van der Waals surface area contributed by atoms with E-state index >= 15 is 0 Å². The summed E-state index contributed by atoms with van der Waals surface area (Å²) in [5.41, 5.74) is 2.46. The number of rotatable bonds is 6. The van der Waals surface area contributed by atoms with Gasteiger partial charge in [0.2, 0.25) is 17.6 Å². The van der Waals surface area contributed by atoms with Crippen LogP contribution in [0.1, 0.15) is 24.3 Å². The molecule has 2 aromatic rings. The van der Waals surface area contributed by atoms with Crippen molar-refractivity contribution in [2.24, 2.45) is 0 Å². The summed E-state index contributed by atoms with van der Waals surface area (Å²) in [6.07, 6.45) is 3.73. The van der Waals surface area contributed by atoms with Gasteiger partial charge in [-0.25, -0.2) is 4.39 Å². The number of nitrogens with one attached hydrogen (secondary N) is 2. The third-order valence-corrected chi connectivity index (χ3v) is 4.12. The zero-order valence-electron chi connectivity index (χ0n) is 14.1. The van der Waals surface area contributed by atoms with E-state index in [1.165, 1.54) is 11.6 Å². The molecule has 1 aromatic carbocycles. The second kappa shape index (κ2) is 8.02. The summed E-state index contributed by atoms with van der Waals surface area (Å²) in [5.74, 6) is 0.483. The molecule has 0 saturated carbocycles. The maximum Gasteiger partial charge on any atom is 0.227 e. The Morgan fingerprint density at radius 3 is 3.08 bits per heavy atom. The number of amides is 1. The van der Waals surface area contributed by atoms with Crippen molar-refractivity contribution in [3.63, 3.8) is 0 Å². The summed E-state index contributed by atoms with van der Waals surface area (Å²) >= 11 is 0. The molecule has 0 atom stereocenters. The first kappa shape index (κ1) is 17.3. The molecule has 1 aromatic heterocycles. The zero-order valence-corrected chi connectivity index (χ0v) is 14.1. The highest BCUT2D eigenvalue weighted by molar-refractivity contribution is 5.76. The summed E-state index contributed by atoms with van der Waals surface area (Å²) < 4.78 is 18.5. The molecular formula is C18H21FN4O2. The quantitative estimate of drug-likeness (QED) is 0.785. The van der Waals surface area contributed by atoms with E-state index in [2.05, 4.69) is 26.9 Å². The van der Waals surface area contributed by atoms with Crippen molar-refractivity contribution >= 4 is 5.91 Å². The molecule has 0 saturated heterocycles. The Morgan fingerprint density at radius 1 is 1.44 bits per heavy atom. The van der Waals surface area contributed by atoms with Gasteiger partial charge in [-0.3, -0.25) is 4.79 Å². The van der Waals surface area contributed by atoms with Crippen molar-refractivity contribution in [3.8, 4) is 11.4 Å². The lowest BCUT2D eigenvalue weighted by molar-refractivity contribution is -0.121. The van der Waals surface area contributed by atoms with Crippen molar-refractivity contribution in [1.29, 1.82) is 0 Å². The minimum Gasteiger partial charge on any atom is -0.352 e. The lowest BCUT2D eigenvalue weighted by atomic mass is 10.1. The number of benzene rings is 1. The maximum atomic E-state index is 13.3. The number of aromatic nitrogens is 2. The smallest absolute Gasteiger partial charge is 0.227 e. The van der Waals surface area contributed by atoms with Crippen LogP contribution in [0.15, 0.2) is 34.4 Å². The lowest BCUT2D eigenvalue weighted by Crippen LogP contribution is -2.29. The molecule has 2 N–H and O–H groups in total. The molecule has 6 nitrogen and oxygen atoms in total. The molecule has 0 spiro atoms. The average Bonchev–Trinajstić information content (AvgIpc) is 3.10. The fourth-order valence-corrected chi connectivity index (χ4v) is 2.61. The average molecular weight is 344 g/mol. The minimum absolute atomic E-state index is 0.0446.